The lowest BCUT2D eigenvalue weighted by Gasteiger charge is -2.23. The number of aliphatic hydroxyl groups excluding tert-OH is 1. The summed E-state index contributed by atoms with van der Waals surface area (Å²) in [5.74, 6) is 0.389. The molecule has 0 saturated carbocycles. The number of hydrogen-bond acceptors (Lipinski definition) is 1. The van der Waals surface area contributed by atoms with E-state index in [1.807, 2.05) is 0 Å². The number of aliphatic hydroxyl groups is 1. The molecule has 0 aliphatic carbocycles. The van der Waals surface area contributed by atoms with Gasteiger partial charge in [-0.25, -0.2) is 0 Å². The van der Waals surface area contributed by atoms with Crippen LogP contribution in [0.15, 0.2) is 30.5 Å². The van der Waals surface area contributed by atoms with Crippen LogP contribution < -0.4 is 0 Å². The largest absolute Gasteiger partial charge is 0.396 e. The maximum absolute atomic E-state index is 9.20. The molecular formula is C12H13NO. The number of nitrogens with zero attached hydrogens (tertiary/aromatic N) is 1. The lowest BCUT2D eigenvalue weighted by atomic mass is 9.95. The molecule has 72 valence electrons. The Morgan fingerprint density at radius 3 is 3.14 bits per heavy atom. The molecule has 0 amide bonds. The van der Waals surface area contributed by atoms with Crippen molar-refractivity contribution in [3.8, 4) is 0 Å². The Labute approximate surface area is 82.8 Å². The molecule has 2 heterocycles. The Hall–Kier alpha value is -1.28. The maximum Gasteiger partial charge on any atom is 0.0513 e. The van der Waals surface area contributed by atoms with E-state index in [1.165, 1.54) is 16.5 Å². The zero-order valence-corrected chi connectivity index (χ0v) is 7.98. The first kappa shape index (κ1) is 8.06. The number of aromatic nitrogens is 1. The van der Waals surface area contributed by atoms with Gasteiger partial charge in [0.05, 0.1) is 5.52 Å². The highest BCUT2D eigenvalue weighted by Crippen LogP contribution is 2.28. The molecule has 3 rings (SSSR count). The van der Waals surface area contributed by atoms with Crippen LogP contribution in [0.1, 0.15) is 5.56 Å². The molecule has 1 unspecified atom stereocenters. The van der Waals surface area contributed by atoms with E-state index in [4.69, 9.17) is 0 Å². The van der Waals surface area contributed by atoms with Gasteiger partial charge in [0.2, 0.25) is 0 Å². The Morgan fingerprint density at radius 2 is 2.29 bits per heavy atom. The molecule has 2 nitrogen and oxygen atoms in total. The first-order chi connectivity index (χ1) is 6.88. The van der Waals surface area contributed by atoms with Crippen molar-refractivity contribution in [3.63, 3.8) is 0 Å². The van der Waals surface area contributed by atoms with Crippen molar-refractivity contribution in [2.24, 2.45) is 5.92 Å². The molecule has 0 saturated heterocycles. The molecule has 2 aromatic rings. The van der Waals surface area contributed by atoms with E-state index < -0.39 is 0 Å². The minimum Gasteiger partial charge on any atom is -0.396 e. The molecule has 0 radical (unpaired) electrons. The molecule has 1 aromatic heterocycles. The average Bonchev–Trinajstić information content (AvgIpc) is 2.64. The maximum atomic E-state index is 9.20. The predicted molar refractivity (Wildman–Crippen MR) is 56.2 cm³/mol. The van der Waals surface area contributed by atoms with E-state index in [1.54, 1.807) is 0 Å². The third-order valence-electron chi connectivity index (χ3n) is 3.09. The molecule has 14 heavy (non-hydrogen) atoms. The van der Waals surface area contributed by atoms with Gasteiger partial charge in [-0.3, -0.25) is 0 Å². The SMILES string of the molecule is OCC1Cc2cccc3ccn(c23)C1. The van der Waals surface area contributed by atoms with Crippen LogP contribution in [0.4, 0.5) is 0 Å². The molecule has 1 aliphatic heterocycles. The molecule has 0 bridgehead atoms. The Balaban J connectivity index is 2.23. The third kappa shape index (κ3) is 1.01. The summed E-state index contributed by atoms with van der Waals surface area (Å²) in [5, 5.41) is 10.5. The molecule has 0 spiro atoms. The van der Waals surface area contributed by atoms with Gasteiger partial charge in [-0.2, -0.15) is 0 Å². The number of benzene rings is 1. The fraction of sp³-hybridized carbons (Fsp3) is 0.333. The number of rotatable bonds is 1. The van der Waals surface area contributed by atoms with E-state index in [2.05, 4.69) is 35.0 Å². The summed E-state index contributed by atoms with van der Waals surface area (Å²) >= 11 is 0. The highest BCUT2D eigenvalue weighted by Gasteiger charge is 2.19. The summed E-state index contributed by atoms with van der Waals surface area (Å²) in [4.78, 5) is 0. The van der Waals surface area contributed by atoms with Crippen LogP contribution in [0, 0.1) is 5.92 Å². The highest BCUT2D eigenvalue weighted by molar-refractivity contribution is 5.83. The lowest BCUT2D eigenvalue weighted by Crippen LogP contribution is -2.21. The topological polar surface area (TPSA) is 25.2 Å². The van der Waals surface area contributed by atoms with E-state index >= 15 is 0 Å². The summed E-state index contributed by atoms with van der Waals surface area (Å²) in [6.45, 7) is 1.24. The van der Waals surface area contributed by atoms with Crippen LogP contribution in [-0.4, -0.2) is 16.3 Å². The first-order valence-corrected chi connectivity index (χ1v) is 5.06. The second kappa shape index (κ2) is 2.85. The van der Waals surface area contributed by atoms with Crippen molar-refractivity contribution in [2.75, 3.05) is 6.61 Å². The van der Waals surface area contributed by atoms with Crippen LogP contribution in [-0.2, 0) is 13.0 Å². The summed E-state index contributed by atoms with van der Waals surface area (Å²) in [5.41, 5.74) is 2.73. The second-order valence-electron chi connectivity index (χ2n) is 4.08. The summed E-state index contributed by atoms with van der Waals surface area (Å²) in [6, 6.07) is 8.57. The van der Waals surface area contributed by atoms with Crippen molar-refractivity contribution in [2.45, 2.75) is 13.0 Å². The standard InChI is InChI=1S/C12H13NO/c14-8-9-6-11-3-1-2-10-4-5-13(7-9)12(10)11/h1-5,9,14H,6-8H2. The number of para-hydroxylation sites is 1. The molecule has 1 aliphatic rings. The van der Waals surface area contributed by atoms with E-state index in [0.29, 0.717) is 5.92 Å². The smallest absolute Gasteiger partial charge is 0.0513 e. The van der Waals surface area contributed by atoms with Gasteiger partial charge in [0.25, 0.3) is 0 Å². The van der Waals surface area contributed by atoms with Crippen LogP contribution in [0.25, 0.3) is 10.9 Å². The Kier molecular flexibility index (Phi) is 1.64. The van der Waals surface area contributed by atoms with Crippen molar-refractivity contribution < 1.29 is 5.11 Å². The van der Waals surface area contributed by atoms with Gasteiger partial charge in [-0.05, 0) is 23.4 Å². The van der Waals surface area contributed by atoms with Crippen molar-refractivity contribution in [1.82, 2.24) is 4.57 Å². The van der Waals surface area contributed by atoms with Crippen molar-refractivity contribution >= 4 is 10.9 Å². The van der Waals surface area contributed by atoms with Crippen LogP contribution in [0.5, 0.6) is 0 Å². The zero-order chi connectivity index (χ0) is 9.54. The van der Waals surface area contributed by atoms with E-state index in [-0.39, 0.29) is 6.61 Å². The molecule has 1 aromatic carbocycles. The van der Waals surface area contributed by atoms with Gasteiger partial charge in [0.1, 0.15) is 0 Å². The van der Waals surface area contributed by atoms with Gasteiger partial charge in [0.15, 0.2) is 0 Å². The van der Waals surface area contributed by atoms with Gasteiger partial charge in [-0.15, -0.1) is 0 Å². The summed E-state index contributed by atoms with van der Waals surface area (Å²) in [6.07, 6.45) is 3.13. The van der Waals surface area contributed by atoms with Gasteiger partial charge in [-0.1, -0.05) is 18.2 Å². The van der Waals surface area contributed by atoms with Crippen LogP contribution >= 0.6 is 0 Å². The van der Waals surface area contributed by atoms with Gasteiger partial charge < -0.3 is 9.67 Å². The predicted octanol–water partition coefficient (Wildman–Crippen LogP) is 1.81. The van der Waals surface area contributed by atoms with Crippen LogP contribution in [0.2, 0.25) is 0 Å². The van der Waals surface area contributed by atoms with E-state index in [9.17, 15) is 5.11 Å². The fourth-order valence-electron chi connectivity index (χ4n) is 2.43. The minimum atomic E-state index is 0.286. The lowest BCUT2D eigenvalue weighted by molar-refractivity contribution is 0.208. The molecular weight excluding hydrogens is 174 g/mol. The van der Waals surface area contributed by atoms with Crippen molar-refractivity contribution in [3.05, 3.63) is 36.0 Å². The second-order valence-corrected chi connectivity index (χ2v) is 4.08. The van der Waals surface area contributed by atoms with Crippen molar-refractivity contribution in [1.29, 1.82) is 0 Å². The molecule has 2 heteroatoms. The Bertz CT molecular complexity index is 472. The van der Waals surface area contributed by atoms with Crippen LogP contribution in [0.3, 0.4) is 0 Å². The average molecular weight is 187 g/mol. The quantitative estimate of drug-likeness (QED) is 0.723. The summed E-state index contributed by atoms with van der Waals surface area (Å²) < 4.78 is 2.26. The number of hydrogen-bond donors (Lipinski definition) is 1. The monoisotopic (exact) mass is 187 g/mol. The zero-order valence-electron chi connectivity index (χ0n) is 7.98. The summed E-state index contributed by atoms with van der Waals surface area (Å²) in [7, 11) is 0. The first-order valence-electron chi connectivity index (χ1n) is 5.06. The van der Waals surface area contributed by atoms with Gasteiger partial charge in [0, 0.05) is 25.3 Å². The molecule has 1 atom stereocenters. The normalized spacial score (nSPS) is 20.2. The fourth-order valence-corrected chi connectivity index (χ4v) is 2.43. The minimum absolute atomic E-state index is 0.286. The van der Waals surface area contributed by atoms with E-state index in [0.717, 1.165) is 13.0 Å². The molecule has 1 N–H and O–H groups in total. The van der Waals surface area contributed by atoms with Gasteiger partial charge >= 0.3 is 0 Å². The Morgan fingerprint density at radius 1 is 1.36 bits per heavy atom. The molecule has 0 fully saturated rings. The third-order valence-corrected chi connectivity index (χ3v) is 3.09. The highest BCUT2D eigenvalue weighted by atomic mass is 16.3.